The molecule has 0 spiro atoms. The fourth-order valence-electron chi connectivity index (χ4n) is 2.08. The van der Waals surface area contributed by atoms with Crippen molar-refractivity contribution in [3.63, 3.8) is 0 Å². The summed E-state index contributed by atoms with van der Waals surface area (Å²) in [4.78, 5) is 23.3. The van der Waals surface area contributed by atoms with Gasteiger partial charge in [-0.15, -0.1) is 0 Å². The molecule has 0 aromatic carbocycles. The van der Waals surface area contributed by atoms with Crippen LogP contribution in [0.5, 0.6) is 0 Å². The summed E-state index contributed by atoms with van der Waals surface area (Å²) in [5.74, 6) is -5.27. The first-order valence-corrected chi connectivity index (χ1v) is 6.15. The Hall–Kier alpha value is -1.54. The van der Waals surface area contributed by atoms with E-state index in [1.54, 1.807) is 0 Å². The Morgan fingerprint density at radius 3 is 2.35 bits per heavy atom. The van der Waals surface area contributed by atoms with E-state index in [1.807, 2.05) is 0 Å². The normalized spacial score (nSPS) is 22.9. The lowest BCUT2D eigenvalue weighted by molar-refractivity contribution is -0.187. The summed E-state index contributed by atoms with van der Waals surface area (Å²) >= 11 is 0. The minimum atomic E-state index is -4.66. The van der Waals surface area contributed by atoms with Gasteiger partial charge in [-0.05, 0) is 12.8 Å². The second-order valence-corrected chi connectivity index (χ2v) is 4.63. The third-order valence-corrected chi connectivity index (χ3v) is 3.18. The Morgan fingerprint density at radius 2 is 1.90 bits per heavy atom. The predicted octanol–water partition coefficient (Wildman–Crippen LogP) is 1.64. The summed E-state index contributed by atoms with van der Waals surface area (Å²) in [6, 6.07) is -0.748. The first-order chi connectivity index (χ1) is 9.27. The molecule has 9 heteroatoms. The van der Waals surface area contributed by atoms with Crippen LogP contribution in [0, 0.1) is 11.8 Å². The van der Waals surface area contributed by atoms with Gasteiger partial charge in [-0.1, -0.05) is 0 Å². The molecule has 1 rings (SSSR count). The van der Waals surface area contributed by atoms with Crippen molar-refractivity contribution in [1.82, 2.24) is 10.2 Å². The molecule has 2 atom stereocenters. The lowest BCUT2D eigenvalue weighted by Gasteiger charge is -2.18. The van der Waals surface area contributed by atoms with E-state index in [4.69, 9.17) is 5.11 Å². The molecule has 116 valence electrons. The highest BCUT2D eigenvalue weighted by Crippen LogP contribution is 2.37. The van der Waals surface area contributed by atoms with Gasteiger partial charge in [0.25, 0.3) is 0 Å². The molecular weight excluding hydrogens is 284 g/mol. The van der Waals surface area contributed by atoms with E-state index < -0.39 is 49.8 Å². The zero-order chi connectivity index (χ0) is 15.3. The number of hydrogen-bond acceptors (Lipinski definition) is 2. The Balaban J connectivity index is 2.57. The van der Waals surface area contributed by atoms with E-state index in [2.05, 4.69) is 5.32 Å². The van der Waals surface area contributed by atoms with Crippen LogP contribution in [0.1, 0.15) is 12.8 Å². The largest absolute Gasteiger partial charge is 0.481 e. The Bertz CT molecular complexity index is 362. The molecule has 0 aliphatic carbocycles. The van der Waals surface area contributed by atoms with Gasteiger partial charge in [0.1, 0.15) is 0 Å². The van der Waals surface area contributed by atoms with Crippen LogP contribution in [-0.2, 0) is 4.79 Å². The standard InChI is InChI=1S/C11H16F4N2O3/c12-3-1-2-4-16-10(20)17-5-7(9(18)19)8(6-17)11(13,14)15/h7-8H,1-6H2,(H,16,20)(H,18,19)/t7-,8-/m1/s1. The number of hydrogen-bond donors (Lipinski definition) is 2. The minimum absolute atomic E-state index is 0.147. The zero-order valence-electron chi connectivity index (χ0n) is 10.6. The highest BCUT2D eigenvalue weighted by Gasteiger charge is 2.53. The van der Waals surface area contributed by atoms with Crippen molar-refractivity contribution in [3.8, 4) is 0 Å². The smallest absolute Gasteiger partial charge is 0.394 e. The number of carboxylic acids is 1. The quantitative estimate of drug-likeness (QED) is 0.599. The Labute approximate surface area is 112 Å². The molecule has 5 nitrogen and oxygen atoms in total. The number of unbranched alkanes of at least 4 members (excludes halogenated alkanes) is 1. The average molecular weight is 300 g/mol. The summed E-state index contributed by atoms with van der Waals surface area (Å²) in [6.07, 6.45) is -4.03. The lowest BCUT2D eigenvalue weighted by Crippen LogP contribution is -2.40. The number of likely N-dealkylation sites (tertiary alicyclic amines) is 1. The monoisotopic (exact) mass is 300 g/mol. The number of carbonyl (C=O) groups is 2. The minimum Gasteiger partial charge on any atom is -0.481 e. The van der Waals surface area contributed by atoms with Crippen LogP contribution >= 0.6 is 0 Å². The number of halogens is 4. The van der Waals surface area contributed by atoms with Gasteiger partial charge in [0, 0.05) is 19.6 Å². The molecule has 2 N–H and O–H groups in total. The van der Waals surface area contributed by atoms with Gasteiger partial charge in [-0.2, -0.15) is 13.2 Å². The molecule has 1 fully saturated rings. The van der Waals surface area contributed by atoms with Gasteiger partial charge in [0.2, 0.25) is 0 Å². The number of rotatable bonds is 5. The van der Waals surface area contributed by atoms with Crippen LogP contribution in [0.2, 0.25) is 0 Å². The molecule has 2 amide bonds. The molecule has 0 saturated carbocycles. The number of amides is 2. The van der Waals surface area contributed by atoms with Crippen molar-refractivity contribution in [3.05, 3.63) is 0 Å². The van der Waals surface area contributed by atoms with E-state index in [1.165, 1.54) is 0 Å². The molecule has 1 aliphatic rings. The van der Waals surface area contributed by atoms with Crippen LogP contribution in [0.15, 0.2) is 0 Å². The molecule has 1 heterocycles. The summed E-state index contributed by atoms with van der Waals surface area (Å²) in [7, 11) is 0. The van der Waals surface area contributed by atoms with Crippen molar-refractivity contribution < 1.29 is 32.3 Å². The molecule has 20 heavy (non-hydrogen) atoms. The van der Waals surface area contributed by atoms with E-state index in [0.29, 0.717) is 6.42 Å². The second kappa shape index (κ2) is 6.76. The molecule has 0 aromatic heterocycles. The first-order valence-electron chi connectivity index (χ1n) is 6.15. The van der Waals surface area contributed by atoms with Crippen LogP contribution in [0.4, 0.5) is 22.4 Å². The van der Waals surface area contributed by atoms with E-state index in [-0.39, 0.29) is 13.0 Å². The van der Waals surface area contributed by atoms with Gasteiger partial charge in [0.05, 0.1) is 18.5 Å². The molecule has 1 aliphatic heterocycles. The van der Waals surface area contributed by atoms with Gasteiger partial charge in [0.15, 0.2) is 0 Å². The Morgan fingerprint density at radius 1 is 1.25 bits per heavy atom. The number of urea groups is 1. The average Bonchev–Trinajstić information content (AvgIpc) is 2.79. The fraction of sp³-hybridized carbons (Fsp3) is 0.818. The molecular formula is C11H16F4N2O3. The van der Waals surface area contributed by atoms with Gasteiger partial charge in [-0.25, -0.2) is 4.79 Å². The van der Waals surface area contributed by atoms with Crippen molar-refractivity contribution in [2.24, 2.45) is 11.8 Å². The van der Waals surface area contributed by atoms with E-state index in [9.17, 15) is 27.2 Å². The number of alkyl halides is 4. The number of carboxylic acid groups (broad SMARTS) is 1. The molecule has 0 aromatic rings. The molecule has 0 unspecified atom stereocenters. The van der Waals surface area contributed by atoms with Crippen molar-refractivity contribution in [2.45, 2.75) is 19.0 Å². The molecule has 0 radical (unpaired) electrons. The number of nitrogens with zero attached hydrogens (tertiary/aromatic N) is 1. The molecule has 1 saturated heterocycles. The van der Waals surface area contributed by atoms with Crippen molar-refractivity contribution >= 4 is 12.0 Å². The second-order valence-electron chi connectivity index (χ2n) is 4.63. The van der Waals surface area contributed by atoms with Crippen LogP contribution < -0.4 is 5.32 Å². The lowest BCUT2D eigenvalue weighted by atomic mass is 9.96. The van der Waals surface area contributed by atoms with E-state index in [0.717, 1.165) is 4.90 Å². The number of carbonyl (C=O) groups excluding carboxylic acids is 1. The topological polar surface area (TPSA) is 69.6 Å². The summed E-state index contributed by atoms with van der Waals surface area (Å²) in [5, 5.41) is 11.1. The summed E-state index contributed by atoms with van der Waals surface area (Å²) in [5.41, 5.74) is 0. The SMILES string of the molecule is O=C(O)[C@@H]1CN(C(=O)NCCCCF)C[C@H]1C(F)(F)F. The van der Waals surface area contributed by atoms with Crippen molar-refractivity contribution in [1.29, 1.82) is 0 Å². The van der Waals surface area contributed by atoms with Crippen LogP contribution in [-0.4, -0.2) is 54.5 Å². The van der Waals surface area contributed by atoms with Crippen LogP contribution in [0.3, 0.4) is 0 Å². The molecule has 0 bridgehead atoms. The number of nitrogens with one attached hydrogen (secondary N) is 1. The highest BCUT2D eigenvalue weighted by atomic mass is 19.4. The van der Waals surface area contributed by atoms with Crippen molar-refractivity contribution in [2.75, 3.05) is 26.3 Å². The van der Waals surface area contributed by atoms with E-state index >= 15 is 0 Å². The third kappa shape index (κ3) is 4.24. The predicted molar refractivity (Wildman–Crippen MR) is 60.9 cm³/mol. The first kappa shape index (κ1) is 16.5. The zero-order valence-corrected chi connectivity index (χ0v) is 10.6. The van der Waals surface area contributed by atoms with Crippen LogP contribution in [0.25, 0.3) is 0 Å². The highest BCUT2D eigenvalue weighted by molar-refractivity contribution is 5.77. The summed E-state index contributed by atoms with van der Waals surface area (Å²) in [6.45, 7) is -1.53. The van der Waals surface area contributed by atoms with Gasteiger partial charge < -0.3 is 15.3 Å². The van der Waals surface area contributed by atoms with Gasteiger partial charge in [-0.3, -0.25) is 9.18 Å². The maximum atomic E-state index is 12.7. The van der Waals surface area contributed by atoms with Gasteiger partial charge >= 0.3 is 18.2 Å². The Kier molecular flexibility index (Phi) is 5.58. The maximum absolute atomic E-state index is 12.7. The summed E-state index contributed by atoms with van der Waals surface area (Å²) < 4.78 is 49.9. The number of aliphatic carboxylic acids is 1. The fourth-order valence-corrected chi connectivity index (χ4v) is 2.08. The third-order valence-electron chi connectivity index (χ3n) is 3.18. The maximum Gasteiger partial charge on any atom is 0.394 e.